The Morgan fingerprint density at radius 3 is 2.75 bits per heavy atom. The topological polar surface area (TPSA) is 51.8 Å². The van der Waals surface area contributed by atoms with Gasteiger partial charge in [0.05, 0.1) is 28.3 Å². The summed E-state index contributed by atoms with van der Waals surface area (Å²) in [5, 5.41) is 0.670. The lowest BCUT2D eigenvalue weighted by molar-refractivity contribution is 0.933. The molecule has 2 aromatic rings. The average Bonchev–Trinajstić information content (AvgIpc) is 2.31. The van der Waals surface area contributed by atoms with Crippen LogP contribution in [0, 0.1) is 6.92 Å². The van der Waals surface area contributed by atoms with E-state index in [2.05, 4.69) is 9.97 Å². The molecule has 0 radical (unpaired) electrons. The summed E-state index contributed by atoms with van der Waals surface area (Å²) >= 11 is 6.10. The molecule has 1 aromatic carbocycles. The molecule has 0 aliphatic rings. The van der Waals surface area contributed by atoms with Gasteiger partial charge < -0.3 is 5.73 Å². The highest BCUT2D eigenvalue weighted by atomic mass is 35.5. The van der Waals surface area contributed by atoms with Gasteiger partial charge in [0.1, 0.15) is 0 Å². The smallest absolute Gasteiger partial charge is 0.0904 e. The van der Waals surface area contributed by atoms with Crippen molar-refractivity contribution in [2.45, 2.75) is 13.5 Å². The summed E-state index contributed by atoms with van der Waals surface area (Å²) in [5.41, 5.74) is 8.90. The lowest BCUT2D eigenvalue weighted by atomic mass is 10.1. The maximum absolute atomic E-state index is 6.10. The van der Waals surface area contributed by atoms with Gasteiger partial charge in [-0.2, -0.15) is 0 Å². The van der Waals surface area contributed by atoms with Gasteiger partial charge in [0.15, 0.2) is 0 Å². The van der Waals surface area contributed by atoms with Crippen LogP contribution >= 0.6 is 11.6 Å². The van der Waals surface area contributed by atoms with E-state index in [4.69, 9.17) is 17.3 Å². The summed E-state index contributed by atoms with van der Waals surface area (Å²) in [4.78, 5) is 8.72. The fraction of sp³-hybridized carbons (Fsp3) is 0.167. The second-order valence-electron chi connectivity index (χ2n) is 3.47. The van der Waals surface area contributed by atoms with E-state index in [1.807, 2.05) is 31.2 Å². The molecule has 0 unspecified atom stereocenters. The summed E-state index contributed by atoms with van der Waals surface area (Å²) in [5.74, 6) is 0. The predicted octanol–water partition coefficient (Wildman–Crippen LogP) is 2.56. The zero-order valence-electron chi connectivity index (χ0n) is 8.94. The Morgan fingerprint density at radius 2 is 2.06 bits per heavy atom. The minimum Gasteiger partial charge on any atom is -0.325 e. The van der Waals surface area contributed by atoms with E-state index >= 15 is 0 Å². The molecular weight excluding hydrogens is 222 g/mol. The number of aromatic nitrogens is 2. The van der Waals surface area contributed by atoms with Crippen LogP contribution in [0.15, 0.2) is 30.5 Å². The van der Waals surface area contributed by atoms with Crippen molar-refractivity contribution in [1.82, 2.24) is 9.97 Å². The number of hydrogen-bond acceptors (Lipinski definition) is 3. The van der Waals surface area contributed by atoms with Crippen molar-refractivity contribution in [3.05, 3.63) is 46.9 Å². The Hall–Kier alpha value is -1.45. The van der Waals surface area contributed by atoms with Gasteiger partial charge in [0.2, 0.25) is 0 Å². The largest absolute Gasteiger partial charge is 0.325 e. The van der Waals surface area contributed by atoms with Gasteiger partial charge in [0.25, 0.3) is 0 Å². The van der Waals surface area contributed by atoms with Gasteiger partial charge >= 0.3 is 0 Å². The van der Waals surface area contributed by atoms with Crippen LogP contribution < -0.4 is 5.73 Å². The Balaban J connectivity index is 2.53. The standard InChI is InChI=1S/C12H12ClN3/c1-8-11(6-14)16-12(7-15-8)9-4-2-3-5-10(9)13/h2-5,7H,6,14H2,1H3. The maximum Gasteiger partial charge on any atom is 0.0904 e. The first kappa shape index (κ1) is 11.0. The molecule has 4 heteroatoms. The van der Waals surface area contributed by atoms with E-state index in [-0.39, 0.29) is 0 Å². The van der Waals surface area contributed by atoms with E-state index < -0.39 is 0 Å². The second-order valence-corrected chi connectivity index (χ2v) is 3.88. The number of rotatable bonds is 2. The fourth-order valence-corrected chi connectivity index (χ4v) is 1.71. The molecule has 0 fully saturated rings. The summed E-state index contributed by atoms with van der Waals surface area (Å²) in [7, 11) is 0. The summed E-state index contributed by atoms with van der Waals surface area (Å²) in [6.45, 7) is 2.28. The molecule has 0 aliphatic heterocycles. The number of aryl methyl sites for hydroxylation is 1. The van der Waals surface area contributed by atoms with Crippen molar-refractivity contribution >= 4 is 11.6 Å². The predicted molar refractivity (Wildman–Crippen MR) is 65.1 cm³/mol. The van der Waals surface area contributed by atoms with Crippen LogP contribution in [0.1, 0.15) is 11.4 Å². The van der Waals surface area contributed by atoms with Crippen LogP contribution in [-0.2, 0) is 6.54 Å². The number of halogens is 1. The molecule has 16 heavy (non-hydrogen) atoms. The molecule has 0 saturated heterocycles. The number of benzene rings is 1. The molecular formula is C12H12ClN3. The van der Waals surface area contributed by atoms with E-state index in [1.54, 1.807) is 6.20 Å². The molecule has 0 amide bonds. The lowest BCUT2D eigenvalue weighted by Gasteiger charge is -2.06. The van der Waals surface area contributed by atoms with Crippen LogP contribution in [0.3, 0.4) is 0 Å². The molecule has 1 aromatic heterocycles. The molecule has 0 spiro atoms. The molecule has 1 heterocycles. The van der Waals surface area contributed by atoms with Crippen molar-refractivity contribution in [2.24, 2.45) is 5.73 Å². The number of hydrogen-bond donors (Lipinski definition) is 1. The normalized spacial score (nSPS) is 10.4. The molecule has 3 nitrogen and oxygen atoms in total. The Kier molecular flexibility index (Phi) is 3.17. The third kappa shape index (κ3) is 2.05. The molecule has 0 atom stereocenters. The summed E-state index contributed by atoms with van der Waals surface area (Å²) < 4.78 is 0. The van der Waals surface area contributed by atoms with Crippen molar-refractivity contribution < 1.29 is 0 Å². The van der Waals surface area contributed by atoms with Crippen LogP contribution in [-0.4, -0.2) is 9.97 Å². The maximum atomic E-state index is 6.10. The van der Waals surface area contributed by atoms with Crippen LogP contribution in [0.4, 0.5) is 0 Å². The monoisotopic (exact) mass is 233 g/mol. The lowest BCUT2D eigenvalue weighted by Crippen LogP contribution is -2.05. The molecule has 0 bridgehead atoms. The SMILES string of the molecule is Cc1ncc(-c2ccccc2Cl)nc1CN. The second kappa shape index (κ2) is 4.60. The highest BCUT2D eigenvalue weighted by Crippen LogP contribution is 2.25. The van der Waals surface area contributed by atoms with Gasteiger partial charge in [-0.05, 0) is 13.0 Å². The third-order valence-corrected chi connectivity index (χ3v) is 2.73. The minimum absolute atomic E-state index is 0.386. The Labute approximate surface area is 99.3 Å². The van der Waals surface area contributed by atoms with Gasteiger partial charge in [-0.25, -0.2) is 4.98 Å². The van der Waals surface area contributed by atoms with Gasteiger partial charge in [-0.1, -0.05) is 29.8 Å². The average molecular weight is 234 g/mol. The van der Waals surface area contributed by atoms with Crippen molar-refractivity contribution in [3.63, 3.8) is 0 Å². The van der Waals surface area contributed by atoms with Crippen molar-refractivity contribution in [2.75, 3.05) is 0 Å². The molecule has 0 aliphatic carbocycles. The molecule has 2 rings (SSSR count). The highest BCUT2D eigenvalue weighted by molar-refractivity contribution is 6.33. The van der Waals surface area contributed by atoms with E-state index in [0.29, 0.717) is 11.6 Å². The molecule has 2 N–H and O–H groups in total. The van der Waals surface area contributed by atoms with E-state index in [9.17, 15) is 0 Å². The van der Waals surface area contributed by atoms with Gasteiger partial charge in [-0.3, -0.25) is 4.98 Å². The van der Waals surface area contributed by atoms with Crippen molar-refractivity contribution in [1.29, 1.82) is 0 Å². The van der Waals surface area contributed by atoms with E-state index in [0.717, 1.165) is 22.6 Å². The number of nitrogens with zero attached hydrogens (tertiary/aromatic N) is 2. The Bertz CT molecular complexity index is 511. The van der Waals surface area contributed by atoms with Crippen LogP contribution in [0.25, 0.3) is 11.3 Å². The van der Waals surface area contributed by atoms with Crippen LogP contribution in [0.2, 0.25) is 5.02 Å². The van der Waals surface area contributed by atoms with Gasteiger partial charge in [0, 0.05) is 12.1 Å². The fourth-order valence-electron chi connectivity index (χ4n) is 1.48. The van der Waals surface area contributed by atoms with Crippen molar-refractivity contribution in [3.8, 4) is 11.3 Å². The van der Waals surface area contributed by atoms with Gasteiger partial charge in [-0.15, -0.1) is 0 Å². The zero-order valence-corrected chi connectivity index (χ0v) is 9.70. The highest BCUT2D eigenvalue weighted by Gasteiger charge is 2.07. The first-order chi connectivity index (χ1) is 7.72. The van der Waals surface area contributed by atoms with Crippen LogP contribution in [0.5, 0.6) is 0 Å². The number of nitrogens with two attached hydrogens (primary N) is 1. The first-order valence-corrected chi connectivity index (χ1v) is 5.37. The molecule has 82 valence electrons. The quantitative estimate of drug-likeness (QED) is 0.868. The first-order valence-electron chi connectivity index (χ1n) is 5.00. The Morgan fingerprint density at radius 1 is 1.31 bits per heavy atom. The summed E-state index contributed by atoms with van der Waals surface area (Å²) in [6, 6.07) is 7.56. The zero-order chi connectivity index (χ0) is 11.5. The molecule has 0 saturated carbocycles. The summed E-state index contributed by atoms with van der Waals surface area (Å²) in [6.07, 6.45) is 1.72. The third-order valence-electron chi connectivity index (χ3n) is 2.40. The minimum atomic E-state index is 0.386. The van der Waals surface area contributed by atoms with E-state index in [1.165, 1.54) is 0 Å².